The van der Waals surface area contributed by atoms with Gasteiger partial charge in [0.25, 0.3) is 0 Å². The van der Waals surface area contributed by atoms with Crippen LogP contribution in [0.5, 0.6) is 5.75 Å². The zero-order valence-electron chi connectivity index (χ0n) is 16.9. The second-order valence-electron chi connectivity index (χ2n) is 6.79. The summed E-state index contributed by atoms with van der Waals surface area (Å²) in [7, 11) is 0. The minimum absolute atomic E-state index is 0.0937. The van der Waals surface area contributed by atoms with Crippen molar-refractivity contribution in [2.45, 2.75) is 18.4 Å². The number of alkyl halides is 6. The number of aromatic nitrogens is 1. The number of hydrogen-bond acceptors (Lipinski definition) is 4. The van der Waals surface area contributed by atoms with Gasteiger partial charge in [-0.2, -0.15) is 26.3 Å². The van der Waals surface area contributed by atoms with Crippen molar-refractivity contribution < 1.29 is 40.7 Å². The summed E-state index contributed by atoms with van der Waals surface area (Å²) in [4.78, 5) is 28.0. The fourth-order valence-corrected chi connectivity index (χ4v) is 2.94. The molecule has 0 aliphatic heterocycles. The van der Waals surface area contributed by atoms with Gasteiger partial charge in [0.15, 0.2) is 0 Å². The summed E-state index contributed by atoms with van der Waals surface area (Å²) in [6, 6.07) is 9.56. The predicted octanol–water partition coefficient (Wildman–Crippen LogP) is 5.71. The Bertz CT molecular complexity index is 1150. The van der Waals surface area contributed by atoms with Crippen LogP contribution in [0.15, 0.2) is 72.9 Å². The molecular weight excluding hydrogens is 468 g/mol. The topological polar surface area (TPSA) is 80.3 Å². The molecule has 3 aromatic rings. The molecule has 0 saturated carbocycles. The Balaban J connectivity index is 1.90. The molecule has 178 valence electrons. The van der Waals surface area contributed by atoms with Crippen LogP contribution < -0.4 is 15.4 Å². The fraction of sp³-hybridized carbons (Fsp3) is 0.136. The van der Waals surface area contributed by atoms with Gasteiger partial charge in [0, 0.05) is 6.20 Å². The van der Waals surface area contributed by atoms with Crippen LogP contribution in [-0.2, 0) is 12.4 Å². The highest BCUT2D eigenvalue weighted by molar-refractivity contribution is 5.91. The molecule has 0 aliphatic rings. The van der Waals surface area contributed by atoms with Crippen LogP contribution in [0.4, 0.5) is 35.9 Å². The molecule has 0 bridgehead atoms. The summed E-state index contributed by atoms with van der Waals surface area (Å²) < 4.78 is 84.2. The number of hydrogen-bond donors (Lipinski definition) is 2. The molecule has 0 aliphatic carbocycles. The summed E-state index contributed by atoms with van der Waals surface area (Å²) in [5, 5.41) is 3.93. The van der Waals surface area contributed by atoms with E-state index in [-0.39, 0.29) is 11.3 Å². The molecule has 2 aromatic carbocycles. The van der Waals surface area contributed by atoms with Crippen molar-refractivity contribution in [2.24, 2.45) is 0 Å². The van der Waals surface area contributed by atoms with Crippen LogP contribution in [0, 0.1) is 0 Å². The molecule has 1 unspecified atom stereocenters. The molecule has 0 radical (unpaired) electrons. The van der Waals surface area contributed by atoms with E-state index in [9.17, 15) is 35.9 Å². The Morgan fingerprint density at radius 2 is 1.47 bits per heavy atom. The SMILES string of the molecule is O=C(NC(=O)Oc1ccccc1)NC(c1ccc(C(F)(F)F)cc1)c1ncccc1C(F)(F)F. The molecule has 12 heteroatoms. The number of rotatable bonds is 4. The molecular formula is C22H15F6N3O3. The van der Waals surface area contributed by atoms with E-state index in [0.717, 1.165) is 24.4 Å². The smallest absolute Gasteiger partial charge is 0.410 e. The first-order chi connectivity index (χ1) is 15.9. The van der Waals surface area contributed by atoms with Crippen molar-refractivity contribution in [3.8, 4) is 5.75 Å². The first kappa shape index (κ1) is 24.6. The van der Waals surface area contributed by atoms with Crippen molar-refractivity contribution in [3.05, 3.63) is 95.3 Å². The van der Waals surface area contributed by atoms with Gasteiger partial charge in [0.05, 0.1) is 22.9 Å². The Morgan fingerprint density at radius 1 is 0.824 bits per heavy atom. The minimum atomic E-state index is -4.88. The summed E-state index contributed by atoms with van der Waals surface area (Å²) >= 11 is 0. The van der Waals surface area contributed by atoms with E-state index in [0.29, 0.717) is 18.2 Å². The van der Waals surface area contributed by atoms with Crippen molar-refractivity contribution in [1.29, 1.82) is 0 Å². The number of carbonyl (C=O) groups is 2. The molecule has 3 rings (SSSR count). The van der Waals surface area contributed by atoms with Gasteiger partial charge in [-0.15, -0.1) is 0 Å². The lowest BCUT2D eigenvalue weighted by Gasteiger charge is -2.22. The Kier molecular flexibility index (Phi) is 7.08. The van der Waals surface area contributed by atoms with Crippen LogP contribution in [0.3, 0.4) is 0 Å². The van der Waals surface area contributed by atoms with Crippen molar-refractivity contribution >= 4 is 12.1 Å². The highest BCUT2D eigenvalue weighted by Gasteiger charge is 2.37. The highest BCUT2D eigenvalue weighted by atomic mass is 19.4. The average Bonchev–Trinajstić information content (AvgIpc) is 2.77. The number of urea groups is 1. The molecule has 0 fully saturated rings. The molecule has 0 spiro atoms. The van der Waals surface area contributed by atoms with Crippen LogP contribution in [0.2, 0.25) is 0 Å². The Hall–Kier alpha value is -4.09. The number of imide groups is 1. The van der Waals surface area contributed by atoms with E-state index in [1.807, 2.05) is 0 Å². The van der Waals surface area contributed by atoms with Gasteiger partial charge >= 0.3 is 24.5 Å². The van der Waals surface area contributed by atoms with Gasteiger partial charge in [0.1, 0.15) is 5.75 Å². The first-order valence-corrected chi connectivity index (χ1v) is 9.49. The maximum atomic E-state index is 13.5. The second-order valence-corrected chi connectivity index (χ2v) is 6.79. The minimum Gasteiger partial charge on any atom is -0.410 e. The normalized spacial score (nSPS) is 12.5. The number of pyridine rings is 1. The average molecular weight is 483 g/mol. The quantitative estimate of drug-likeness (QED) is 0.466. The lowest BCUT2D eigenvalue weighted by Crippen LogP contribution is -2.43. The summed E-state index contributed by atoms with van der Waals surface area (Å²) in [6.45, 7) is 0. The van der Waals surface area contributed by atoms with Crippen molar-refractivity contribution in [1.82, 2.24) is 15.6 Å². The van der Waals surface area contributed by atoms with Crippen LogP contribution in [-0.4, -0.2) is 17.1 Å². The molecule has 1 atom stereocenters. The van der Waals surface area contributed by atoms with Crippen LogP contribution in [0.25, 0.3) is 0 Å². The number of carbonyl (C=O) groups excluding carboxylic acids is 2. The van der Waals surface area contributed by atoms with E-state index >= 15 is 0 Å². The Labute approximate surface area is 188 Å². The van der Waals surface area contributed by atoms with Crippen molar-refractivity contribution in [2.75, 3.05) is 0 Å². The van der Waals surface area contributed by atoms with Gasteiger partial charge in [-0.3, -0.25) is 4.98 Å². The molecule has 34 heavy (non-hydrogen) atoms. The third-order valence-corrected chi connectivity index (χ3v) is 4.43. The second kappa shape index (κ2) is 9.81. The van der Waals surface area contributed by atoms with Crippen LogP contribution >= 0.6 is 0 Å². The number of nitrogens with one attached hydrogen (secondary N) is 2. The zero-order chi connectivity index (χ0) is 24.9. The van der Waals surface area contributed by atoms with Gasteiger partial charge < -0.3 is 10.1 Å². The molecule has 1 heterocycles. The van der Waals surface area contributed by atoms with Gasteiger partial charge in [-0.05, 0) is 42.0 Å². The third kappa shape index (κ3) is 6.24. The summed E-state index contributed by atoms with van der Waals surface area (Å²) in [5.41, 5.74) is -3.07. The van der Waals surface area contributed by atoms with Gasteiger partial charge in [-0.25, -0.2) is 14.9 Å². The van der Waals surface area contributed by atoms with E-state index in [1.165, 1.54) is 12.1 Å². The van der Waals surface area contributed by atoms with Gasteiger partial charge in [0.2, 0.25) is 0 Å². The number of halogens is 6. The third-order valence-electron chi connectivity index (χ3n) is 4.43. The van der Waals surface area contributed by atoms with Crippen LogP contribution in [0.1, 0.15) is 28.4 Å². The van der Waals surface area contributed by atoms with E-state index in [4.69, 9.17) is 4.74 Å². The first-order valence-electron chi connectivity index (χ1n) is 9.49. The predicted molar refractivity (Wildman–Crippen MR) is 107 cm³/mol. The number of para-hydroxylation sites is 1. The van der Waals surface area contributed by atoms with E-state index in [1.54, 1.807) is 23.5 Å². The Morgan fingerprint density at radius 3 is 2.06 bits per heavy atom. The number of nitrogens with zero attached hydrogens (tertiary/aromatic N) is 1. The lowest BCUT2D eigenvalue weighted by atomic mass is 9.98. The fourth-order valence-electron chi connectivity index (χ4n) is 2.94. The van der Waals surface area contributed by atoms with E-state index in [2.05, 4.69) is 10.3 Å². The summed E-state index contributed by atoms with van der Waals surface area (Å²) in [5.74, 6) is 0.0937. The molecule has 3 amide bonds. The number of ether oxygens (including phenoxy) is 1. The summed E-state index contributed by atoms with van der Waals surface area (Å²) in [6.07, 6.45) is -9.75. The largest absolute Gasteiger partial charge is 0.420 e. The monoisotopic (exact) mass is 483 g/mol. The standard InChI is InChI=1S/C22H15F6N3O3/c23-21(24,25)14-10-8-13(9-11-14)17(18-16(22(26,27)28)7-4-12-29-18)30-19(32)31-20(33)34-15-5-2-1-3-6-15/h1-12,17H,(H2,30,31,32,33). The van der Waals surface area contributed by atoms with E-state index < -0.39 is 47.3 Å². The molecule has 0 saturated heterocycles. The number of benzene rings is 2. The van der Waals surface area contributed by atoms with Gasteiger partial charge in [-0.1, -0.05) is 30.3 Å². The zero-order valence-corrected chi connectivity index (χ0v) is 16.9. The molecule has 2 N–H and O–H groups in total. The lowest BCUT2D eigenvalue weighted by molar-refractivity contribution is -0.139. The molecule has 6 nitrogen and oxygen atoms in total. The molecule has 1 aromatic heterocycles. The van der Waals surface area contributed by atoms with Crippen molar-refractivity contribution in [3.63, 3.8) is 0 Å². The maximum Gasteiger partial charge on any atom is 0.420 e. The maximum absolute atomic E-state index is 13.5. The number of amides is 3. The highest BCUT2D eigenvalue weighted by Crippen LogP contribution is 2.36.